The molecule has 0 unspecified atom stereocenters. The van der Waals surface area contributed by atoms with Crippen LogP contribution in [0.5, 0.6) is 0 Å². The number of allylic oxidation sites excluding steroid dienone is 1. The molecule has 0 saturated carbocycles. The lowest BCUT2D eigenvalue weighted by Crippen LogP contribution is -2.25. The van der Waals surface area contributed by atoms with Gasteiger partial charge in [-0.15, -0.1) is 0 Å². The minimum Gasteiger partial charge on any atom is -0.478 e. The average Bonchev–Trinajstić information content (AvgIpc) is 2.09. The van der Waals surface area contributed by atoms with Crippen molar-refractivity contribution in [3.8, 4) is 12.1 Å². The Bertz CT molecular complexity index is 232. The van der Waals surface area contributed by atoms with Gasteiger partial charge in [0.05, 0.1) is 6.61 Å². The number of nitrogens with zero attached hydrogens (tertiary/aromatic N) is 2. The summed E-state index contributed by atoms with van der Waals surface area (Å²) in [4.78, 5) is 0. The van der Waals surface area contributed by atoms with Gasteiger partial charge in [-0.05, 0) is 6.42 Å². The van der Waals surface area contributed by atoms with Crippen molar-refractivity contribution in [3.63, 3.8) is 0 Å². The van der Waals surface area contributed by atoms with E-state index < -0.39 is 0 Å². The Labute approximate surface area is 64.7 Å². The van der Waals surface area contributed by atoms with Gasteiger partial charge in [0.1, 0.15) is 12.1 Å². The van der Waals surface area contributed by atoms with Crippen molar-refractivity contribution in [2.24, 2.45) is 0 Å². The predicted molar refractivity (Wildman–Crippen MR) is 36.8 cm³/mol. The zero-order valence-corrected chi connectivity index (χ0v) is 5.92. The fourth-order valence-electron chi connectivity index (χ4n) is 0.786. The van der Waals surface area contributed by atoms with E-state index >= 15 is 0 Å². The van der Waals surface area contributed by atoms with E-state index in [4.69, 9.17) is 15.3 Å². The Morgan fingerprint density at radius 1 is 1.45 bits per heavy atom. The summed E-state index contributed by atoms with van der Waals surface area (Å²) in [5.74, 6) is 0.321. The molecule has 4 heteroatoms. The molecule has 0 amide bonds. The van der Waals surface area contributed by atoms with E-state index in [1.54, 1.807) is 12.1 Å². The number of hydrogen-bond acceptors (Lipinski definition) is 4. The molecule has 0 aromatic heterocycles. The number of rotatable bonds is 0. The first-order valence-corrected chi connectivity index (χ1v) is 3.29. The molecule has 1 aliphatic rings. The number of nitriles is 2. The second-order valence-electron chi connectivity index (χ2n) is 2.06. The lowest BCUT2D eigenvalue weighted by molar-refractivity contribution is 0.156. The molecule has 1 aliphatic heterocycles. The Balaban J connectivity index is 2.77. The maximum absolute atomic E-state index is 8.43. The zero-order valence-electron chi connectivity index (χ0n) is 5.92. The third-order valence-corrected chi connectivity index (χ3v) is 1.30. The van der Waals surface area contributed by atoms with Crippen molar-refractivity contribution in [2.75, 3.05) is 13.2 Å². The summed E-state index contributed by atoms with van der Waals surface area (Å²) < 4.78 is 5.05. The van der Waals surface area contributed by atoms with Crippen LogP contribution in [-0.4, -0.2) is 13.2 Å². The predicted octanol–water partition coefficient (Wildman–Crippen LogP) is 0.255. The van der Waals surface area contributed by atoms with E-state index in [1.807, 2.05) is 0 Å². The summed E-state index contributed by atoms with van der Waals surface area (Å²) in [6.45, 7) is 1.34. The average molecular weight is 149 g/mol. The SMILES string of the molecule is N#CC(C#N)=C1NCCCO1. The van der Waals surface area contributed by atoms with Crippen LogP contribution in [0.2, 0.25) is 0 Å². The second-order valence-corrected chi connectivity index (χ2v) is 2.06. The van der Waals surface area contributed by atoms with Crippen LogP contribution in [0.1, 0.15) is 6.42 Å². The molecule has 1 fully saturated rings. The molecule has 56 valence electrons. The lowest BCUT2D eigenvalue weighted by Gasteiger charge is -2.17. The van der Waals surface area contributed by atoms with Crippen molar-refractivity contribution in [2.45, 2.75) is 6.42 Å². The second kappa shape index (κ2) is 3.48. The summed E-state index contributed by atoms with van der Waals surface area (Å²) in [5, 5.41) is 19.7. The van der Waals surface area contributed by atoms with Gasteiger partial charge in [0.15, 0.2) is 5.57 Å². The largest absolute Gasteiger partial charge is 0.478 e. The monoisotopic (exact) mass is 149 g/mol. The molecule has 1 saturated heterocycles. The minimum atomic E-state index is 0.0182. The van der Waals surface area contributed by atoms with Crippen molar-refractivity contribution >= 4 is 0 Å². The summed E-state index contributed by atoms with van der Waals surface area (Å²) in [6, 6.07) is 3.50. The number of hydrogen-bond donors (Lipinski definition) is 1. The summed E-state index contributed by atoms with van der Waals surface area (Å²) in [5.41, 5.74) is 0.0182. The third kappa shape index (κ3) is 1.62. The molecular weight excluding hydrogens is 142 g/mol. The molecule has 0 aromatic carbocycles. The van der Waals surface area contributed by atoms with E-state index in [0.29, 0.717) is 12.5 Å². The van der Waals surface area contributed by atoms with Crippen LogP contribution in [0.25, 0.3) is 0 Å². The highest BCUT2D eigenvalue weighted by Gasteiger charge is 2.10. The van der Waals surface area contributed by atoms with Gasteiger partial charge in [0.25, 0.3) is 0 Å². The topological polar surface area (TPSA) is 68.8 Å². The maximum atomic E-state index is 8.43. The standard InChI is InChI=1S/C7H7N3O/c8-4-6(5-9)7-10-2-1-3-11-7/h10H,1-3H2. The molecule has 0 atom stereocenters. The molecule has 0 radical (unpaired) electrons. The van der Waals surface area contributed by atoms with Gasteiger partial charge in [0, 0.05) is 6.54 Å². The van der Waals surface area contributed by atoms with Gasteiger partial charge in [0.2, 0.25) is 5.88 Å². The molecular formula is C7H7N3O. The van der Waals surface area contributed by atoms with E-state index in [9.17, 15) is 0 Å². The summed E-state index contributed by atoms with van der Waals surface area (Å²) >= 11 is 0. The maximum Gasteiger partial charge on any atom is 0.216 e. The third-order valence-electron chi connectivity index (χ3n) is 1.30. The fourth-order valence-corrected chi connectivity index (χ4v) is 0.786. The van der Waals surface area contributed by atoms with Crippen LogP contribution >= 0.6 is 0 Å². The highest BCUT2D eigenvalue weighted by atomic mass is 16.5. The van der Waals surface area contributed by atoms with Crippen LogP contribution in [0.4, 0.5) is 0 Å². The molecule has 0 aliphatic carbocycles. The van der Waals surface area contributed by atoms with Gasteiger partial charge < -0.3 is 10.1 Å². The first-order valence-electron chi connectivity index (χ1n) is 3.29. The van der Waals surface area contributed by atoms with Crippen molar-refractivity contribution < 1.29 is 4.74 Å². The quantitative estimate of drug-likeness (QED) is 0.501. The molecule has 0 bridgehead atoms. The molecule has 1 rings (SSSR count). The van der Waals surface area contributed by atoms with Crippen molar-refractivity contribution in [1.29, 1.82) is 10.5 Å². The zero-order chi connectivity index (χ0) is 8.10. The molecule has 11 heavy (non-hydrogen) atoms. The minimum absolute atomic E-state index is 0.0182. The summed E-state index contributed by atoms with van der Waals surface area (Å²) in [6.07, 6.45) is 0.910. The first-order chi connectivity index (χ1) is 5.38. The van der Waals surface area contributed by atoms with Crippen LogP contribution in [0.3, 0.4) is 0 Å². The van der Waals surface area contributed by atoms with Crippen LogP contribution in [-0.2, 0) is 4.74 Å². The van der Waals surface area contributed by atoms with Gasteiger partial charge in [-0.1, -0.05) is 0 Å². The highest BCUT2D eigenvalue weighted by molar-refractivity contribution is 5.37. The Morgan fingerprint density at radius 3 is 2.64 bits per heavy atom. The smallest absolute Gasteiger partial charge is 0.216 e. The Hall–Kier alpha value is -1.68. The number of ether oxygens (including phenoxy) is 1. The molecule has 0 spiro atoms. The van der Waals surface area contributed by atoms with Crippen LogP contribution in [0.15, 0.2) is 11.5 Å². The van der Waals surface area contributed by atoms with Gasteiger partial charge in [-0.25, -0.2) is 0 Å². The van der Waals surface area contributed by atoms with E-state index in [2.05, 4.69) is 5.32 Å². The molecule has 1 heterocycles. The number of nitrogens with one attached hydrogen (secondary N) is 1. The normalized spacial score (nSPS) is 15.3. The van der Waals surface area contributed by atoms with Crippen molar-refractivity contribution in [1.82, 2.24) is 5.32 Å². The lowest BCUT2D eigenvalue weighted by atomic mass is 10.3. The van der Waals surface area contributed by atoms with E-state index in [-0.39, 0.29) is 5.57 Å². The molecule has 0 aromatic rings. The fraction of sp³-hybridized carbons (Fsp3) is 0.429. The molecule has 1 N–H and O–H groups in total. The van der Waals surface area contributed by atoms with E-state index in [1.165, 1.54) is 0 Å². The van der Waals surface area contributed by atoms with E-state index in [0.717, 1.165) is 13.0 Å². The molecule has 4 nitrogen and oxygen atoms in total. The van der Waals surface area contributed by atoms with Crippen molar-refractivity contribution in [3.05, 3.63) is 11.5 Å². The van der Waals surface area contributed by atoms with Gasteiger partial charge >= 0.3 is 0 Å². The van der Waals surface area contributed by atoms with Gasteiger partial charge in [-0.3, -0.25) is 0 Å². The van der Waals surface area contributed by atoms with Gasteiger partial charge in [-0.2, -0.15) is 10.5 Å². The van der Waals surface area contributed by atoms with Crippen LogP contribution < -0.4 is 5.32 Å². The first kappa shape index (κ1) is 7.43. The Morgan fingerprint density at radius 2 is 2.18 bits per heavy atom. The van der Waals surface area contributed by atoms with Crippen LogP contribution in [0, 0.1) is 22.7 Å². The highest BCUT2D eigenvalue weighted by Crippen LogP contribution is 2.05. The Kier molecular flexibility index (Phi) is 2.35. The summed E-state index contributed by atoms with van der Waals surface area (Å²) in [7, 11) is 0.